The van der Waals surface area contributed by atoms with Gasteiger partial charge in [0.15, 0.2) is 11.8 Å². The Morgan fingerprint density at radius 2 is 1.82 bits per heavy atom. The largest absolute Gasteiger partial charge is 0.416 e. The van der Waals surface area contributed by atoms with Gasteiger partial charge < -0.3 is 5.32 Å². The first-order valence-corrected chi connectivity index (χ1v) is 9.97. The summed E-state index contributed by atoms with van der Waals surface area (Å²) in [6.07, 6.45) is -4.64. The van der Waals surface area contributed by atoms with Crippen molar-refractivity contribution >= 4 is 43.3 Å². The number of fused-ring (bicyclic) bond motifs is 1. The van der Waals surface area contributed by atoms with Crippen molar-refractivity contribution < 1.29 is 31.2 Å². The summed E-state index contributed by atoms with van der Waals surface area (Å²) in [5.41, 5.74) is -1.39. The molecular formula is C17H12BrF3N2O4S. The number of hydrogen-bond acceptors (Lipinski definition) is 4. The van der Waals surface area contributed by atoms with E-state index < -0.39 is 39.5 Å². The van der Waals surface area contributed by atoms with E-state index in [-0.39, 0.29) is 20.6 Å². The van der Waals surface area contributed by atoms with Crippen LogP contribution in [0.5, 0.6) is 0 Å². The van der Waals surface area contributed by atoms with E-state index in [2.05, 4.69) is 21.2 Å². The fourth-order valence-corrected chi connectivity index (χ4v) is 4.61. The van der Waals surface area contributed by atoms with Crippen LogP contribution in [0.2, 0.25) is 0 Å². The van der Waals surface area contributed by atoms with Crippen molar-refractivity contribution in [2.24, 2.45) is 0 Å². The van der Waals surface area contributed by atoms with E-state index in [0.717, 1.165) is 19.2 Å². The third-order valence-corrected chi connectivity index (χ3v) is 6.79. The van der Waals surface area contributed by atoms with Crippen molar-refractivity contribution in [3.05, 3.63) is 58.1 Å². The number of nitrogens with zero attached hydrogens (tertiary/aromatic N) is 1. The quantitative estimate of drug-likeness (QED) is 0.674. The number of carbonyl (C=O) groups excluding carboxylic acids is 2. The molecule has 2 aromatic carbocycles. The van der Waals surface area contributed by atoms with Crippen molar-refractivity contribution in [1.29, 1.82) is 0 Å². The normalized spacial score (nSPS) is 19.2. The second-order valence-corrected chi connectivity index (χ2v) is 8.79. The Morgan fingerprint density at radius 3 is 2.46 bits per heavy atom. The molecule has 1 aliphatic heterocycles. The van der Waals surface area contributed by atoms with Crippen molar-refractivity contribution in [2.75, 3.05) is 12.4 Å². The van der Waals surface area contributed by atoms with Crippen LogP contribution in [-0.4, -0.2) is 37.5 Å². The highest BCUT2D eigenvalue weighted by Gasteiger charge is 2.45. The molecule has 0 radical (unpaired) electrons. The van der Waals surface area contributed by atoms with Gasteiger partial charge in [-0.25, -0.2) is 8.42 Å². The third kappa shape index (κ3) is 3.45. The van der Waals surface area contributed by atoms with Gasteiger partial charge in [-0.15, -0.1) is 0 Å². The van der Waals surface area contributed by atoms with Gasteiger partial charge in [0.1, 0.15) is 0 Å². The number of anilines is 1. The molecule has 148 valence electrons. The second kappa shape index (κ2) is 6.98. The lowest BCUT2D eigenvalue weighted by molar-refractivity contribution is -0.137. The maximum absolute atomic E-state index is 12.9. The Hall–Kier alpha value is -2.24. The van der Waals surface area contributed by atoms with E-state index in [1.165, 1.54) is 24.3 Å². The maximum atomic E-state index is 12.9. The second-order valence-electron chi connectivity index (χ2n) is 5.97. The molecule has 28 heavy (non-hydrogen) atoms. The van der Waals surface area contributed by atoms with E-state index in [9.17, 15) is 31.2 Å². The van der Waals surface area contributed by atoms with Gasteiger partial charge in [-0.05, 0) is 46.3 Å². The van der Waals surface area contributed by atoms with Gasteiger partial charge in [0, 0.05) is 17.1 Å². The Labute approximate surface area is 166 Å². The average Bonchev–Trinajstić information content (AvgIpc) is 2.61. The Bertz CT molecular complexity index is 1090. The van der Waals surface area contributed by atoms with Crippen LogP contribution in [0.4, 0.5) is 18.9 Å². The summed E-state index contributed by atoms with van der Waals surface area (Å²) in [5, 5.41) is 2.21. The van der Waals surface area contributed by atoms with Crippen LogP contribution in [-0.2, 0) is 21.0 Å². The fourth-order valence-electron chi connectivity index (χ4n) is 2.78. The van der Waals surface area contributed by atoms with E-state index in [4.69, 9.17) is 0 Å². The number of carbonyl (C=O) groups is 2. The predicted octanol–water partition coefficient (Wildman–Crippen LogP) is 3.29. The summed E-state index contributed by atoms with van der Waals surface area (Å²) in [4.78, 5) is 25.1. The third-order valence-electron chi connectivity index (χ3n) is 4.22. The van der Waals surface area contributed by atoms with Gasteiger partial charge in [0.05, 0.1) is 16.1 Å². The molecule has 1 N–H and O–H groups in total. The van der Waals surface area contributed by atoms with Crippen LogP contribution in [0.25, 0.3) is 0 Å². The minimum absolute atomic E-state index is 0.142. The molecule has 1 heterocycles. The molecule has 0 fully saturated rings. The van der Waals surface area contributed by atoms with Crippen molar-refractivity contribution in [2.45, 2.75) is 17.1 Å². The van der Waals surface area contributed by atoms with Crippen LogP contribution in [0.1, 0.15) is 15.9 Å². The summed E-state index contributed by atoms with van der Waals surface area (Å²) >= 11 is 3.03. The lowest BCUT2D eigenvalue weighted by atomic mass is 10.0. The number of nitrogens with one attached hydrogen (secondary N) is 1. The van der Waals surface area contributed by atoms with Gasteiger partial charge in [0.25, 0.3) is 5.91 Å². The number of amides is 1. The van der Waals surface area contributed by atoms with Crippen molar-refractivity contribution in [3.8, 4) is 0 Å². The standard InChI is InChI=1S/C17H12BrF3N2O4S/c1-23-14(15(24)10-4-2-3-5-13(10)28(23,26)27)16(25)22-12-8-9(17(19,20)21)6-7-11(12)18/h2-8,14H,1H3,(H,22,25). The molecule has 1 aliphatic rings. The maximum Gasteiger partial charge on any atom is 0.416 e. The summed E-state index contributed by atoms with van der Waals surface area (Å²) < 4.78 is 64.7. The molecule has 0 saturated carbocycles. The van der Waals surface area contributed by atoms with E-state index >= 15 is 0 Å². The average molecular weight is 477 g/mol. The number of Topliss-reactive ketones (excluding diaryl/α,β-unsaturated/α-hetero) is 1. The fraction of sp³-hybridized carbons (Fsp3) is 0.176. The highest BCUT2D eigenvalue weighted by Crippen LogP contribution is 2.35. The number of sulfonamides is 1. The summed E-state index contributed by atoms with van der Waals surface area (Å²) in [7, 11) is -3.06. The van der Waals surface area contributed by atoms with Crippen LogP contribution >= 0.6 is 15.9 Å². The summed E-state index contributed by atoms with van der Waals surface area (Å²) in [6, 6.07) is 6.28. The molecule has 11 heteroatoms. The lowest BCUT2D eigenvalue weighted by Crippen LogP contribution is -2.53. The highest BCUT2D eigenvalue weighted by molar-refractivity contribution is 9.10. The summed E-state index contributed by atoms with van der Waals surface area (Å²) in [6.45, 7) is 0. The van der Waals surface area contributed by atoms with Gasteiger partial charge in [-0.2, -0.15) is 17.5 Å². The molecule has 0 spiro atoms. The van der Waals surface area contributed by atoms with Crippen LogP contribution in [0.15, 0.2) is 51.8 Å². The number of likely N-dealkylation sites (N-methyl/N-ethyl adjacent to an activating group) is 1. The molecular weight excluding hydrogens is 465 g/mol. The van der Waals surface area contributed by atoms with Gasteiger partial charge >= 0.3 is 6.18 Å². The first-order chi connectivity index (χ1) is 12.9. The zero-order chi connectivity index (χ0) is 20.9. The number of rotatable bonds is 2. The first-order valence-electron chi connectivity index (χ1n) is 7.73. The highest BCUT2D eigenvalue weighted by atomic mass is 79.9. The van der Waals surface area contributed by atoms with E-state index in [0.29, 0.717) is 10.4 Å². The monoisotopic (exact) mass is 476 g/mol. The molecule has 3 rings (SSSR count). The van der Waals surface area contributed by atoms with Crippen LogP contribution in [0.3, 0.4) is 0 Å². The Kier molecular flexibility index (Phi) is 5.11. The van der Waals surface area contributed by atoms with Crippen LogP contribution in [0, 0.1) is 0 Å². The first kappa shape index (κ1) is 20.5. The summed E-state index contributed by atoms with van der Waals surface area (Å²) in [5.74, 6) is -1.83. The molecule has 0 saturated heterocycles. The molecule has 0 aliphatic carbocycles. The SMILES string of the molecule is CN1C(C(=O)Nc2cc(C(F)(F)F)ccc2Br)C(=O)c2ccccc2S1(=O)=O. The number of ketones is 1. The van der Waals surface area contributed by atoms with E-state index in [1.807, 2.05) is 0 Å². The Balaban J connectivity index is 1.99. The molecule has 0 bridgehead atoms. The van der Waals surface area contributed by atoms with Crippen molar-refractivity contribution in [1.82, 2.24) is 4.31 Å². The molecule has 1 unspecified atom stereocenters. The minimum atomic E-state index is -4.64. The number of halogens is 4. The topological polar surface area (TPSA) is 83.6 Å². The van der Waals surface area contributed by atoms with E-state index in [1.54, 1.807) is 0 Å². The zero-order valence-corrected chi connectivity index (χ0v) is 16.5. The lowest BCUT2D eigenvalue weighted by Gasteiger charge is -2.31. The minimum Gasteiger partial charge on any atom is -0.323 e. The molecule has 6 nitrogen and oxygen atoms in total. The molecule has 1 amide bonds. The van der Waals surface area contributed by atoms with Crippen molar-refractivity contribution in [3.63, 3.8) is 0 Å². The zero-order valence-electron chi connectivity index (χ0n) is 14.1. The number of alkyl halides is 3. The number of hydrogen-bond donors (Lipinski definition) is 1. The smallest absolute Gasteiger partial charge is 0.323 e. The van der Waals surface area contributed by atoms with Gasteiger partial charge in [-0.1, -0.05) is 12.1 Å². The molecule has 2 aromatic rings. The Morgan fingerprint density at radius 1 is 1.18 bits per heavy atom. The van der Waals surface area contributed by atoms with Gasteiger partial charge in [-0.3, -0.25) is 9.59 Å². The van der Waals surface area contributed by atoms with Crippen LogP contribution < -0.4 is 5.32 Å². The molecule has 0 aromatic heterocycles. The predicted molar refractivity (Wildman–Crippen MR) is 97.3 cm³/mol. The van der Waals surface area contributed by atoms with Gasteiger partial charge in [0.2, 0.25) is 10.0 Å². The number of benzene rings is 2. The molecule has 1 atom stereocenters.